The minimum Gasteiger partial charge on any atom is -0.462 e. The SMILES string of the molecule is CCOC(=O)c1sc(NC(=O)c2ccccc2S(C)(=O)=O)c(-c2nc3ccccc3s2)c1C. The third-order valence-corrected chi connectivity index (χ3v) is 8.27. The van der Waals surface area contributed by atoms with E-state index in [2.05, 4.69) is 10.3 Å². The molecule has 2 aromatic heterocycles. The Labute approximate surface area is 199 Å². The smallest absolute Gasteiger partial charge is 0.348 e. The van der Waals surface area contributed by atoms with Crippen molar-refractivity contribution in [2.45, 2.75) is 18.7 Å². The Morgan fingerprint density at radius 2 is 1.76 bits per heavy atom. The fourth-order valence-electron chi connectivity index (χ4n) is 3.38. The number of rotatable bonds is 6. The van der Waals surface area contributed by atoms with Crippen molar-refractivity contribution in [1.82, 2.24) is 4.98 Å². The molecule has 0 saturated carbocycles. The highest BCUT2D eigenvalue weighted by molar-refractivity contribution is 7.90. The quantitative estimate of drug-likeness (QED) is 0.367. The van der Waals surface area contributed by atoms with Crippen LogP contribution in [0.3, 0.4) is 0 Å². The Balaban J connectivity index is 1.83. The van der Waals surface area contributed by atoms with Crippen molar-refractivity contribution in [2.24, 2.45) is 0 Å². The number of thiazole rings is 1. The van der Waals surface area contributed by atoms with Crippen LogP contribution >= 0.6 is 22.7 Å². The lowest BCUT2D eigenvalue weighted by atomic mass is 10.1. The molecule has 10 heteroatoms. The van der Waals surface area contributed by atoms with Gasteiger partial charge < -0.3 is 10.1 Å². The van der Waals surface area contributed by atoms with Gasteiger partial charge in [-0.25, -0.2) is 18.2 Å². The van der Waals surface area contributed by atoms with Gasteiger partial charge in [0.25, 0.3) is 5.91 Å². The number of fused-ring (bicyclic) bond motifs is 1. The van der Waals surface area contributed by atoms with Crippen LogP contribution in [0.5, 0.6) is 0 Å². The molecule has 0 spiro atoms. The molecule has 0 fully saturated rings. The topological polar surface area (TPSA) is 102 Å². The summed E-state index contributed by atoms with van der Waals surface area (Å²) >= 11 is 2.53. The highest BCUT2D eigenvalue weighted by atomic mass is 32.2. The number of amides is 1. The third-order valence-electron chi connectivity index (χ3n) is 4.87. The molecule has 0 aliphatic carbocycles. The Hall–Kier alpha value is -3.08. The number of para-hydroxylation sites is 1. The highest BCUT2D eigenvalue weighted by Gasteiger charge is 2.27. The van der Waals surface area contributed by atoms with E-state index >= 15 is 0 Å². The van der Waals surface area contributed by atoms with Crippen LogP contribution < -0.4 is 5.32 Å². The van der Waals surface area contributed by atoms with E-state index in [4.69, 9.17) is 4.74 Å². The molecule has 0 atom stereocenters. The lowest BCUT2D eigenvalue weighted by Crippen LogP contribution is -2.15. The van der Waals surface area contributed by atoms with Crippen molar-refractivity contribution in [3.63, 3.8) is 0 Å². The molecule has 170 valence electrons. The van der Waals surface area contributed by atoms with Gasteiger partial charge in [0.1, 0.15) is 14.9 Å². The van der Waals surface area contributed by atoms with E-state index in [1.165, 1.54) is 23.5 Å². The second kappa shape index (κ2) is 9.05. The van der Waals surface area contributed by atoms with Gasteiger partial charge in [-0.15, -0.1) is 22.7 Å². The monoisotopic (exact) mass is 500 g/mol. The Morgan fingerprint density at radius 3 is 2.45 bits per heavy atom. The summed E-state index contributed by atoms with van der Waals surface area (Å²) in [5.74, 6) is -1.07. The number of benzene rings is 2. The average Bonchev–Trinajstić information content (AvgIpc) is 3.33. The number of carbonyl (C=O) groups is 2. The van der Waals surface area contributed by atoms with Gasteiger partial charge in [-0.05, 0) is 43.7 Å². The van der Waals surface area contributed by atoms with Crippen LogP contribution in [0.2, 0.25) is 0 Å². The third kappa shape index (κ3) is 4.54. The molecule has 0 aliphatic rings. The molecule has 1 amide bonds. The zero-order valence-electron chi connectivity index (χ0n) is 18.0. The first-order valence-corrected chi connectivity index (χ1v) is 13.5. The van der Waals surface area contributed by atoms with E-state index in [1.807, 2.05) is 24.3 Å². The number of nitrogens with zero attached hydrogens (tertiary/aromatic N) is 1. The summed E-state index contributed by atoms with van der Waals surface area (Å²) in [5.41, 5.74) is 2.10. The first-order valence-electron chi connectivity index (χ1n) is 9.97. The maximum Gasteiger partial charge on any atom is 0.348 e. The van der Waals surface area contributed by atoms with Gasteiger partial charge in [0, 0.05) is 11.8 Å². The van der Waals surface area contributed by atoms with Crippen LogP contribution in [0, 0.1) is 6.92 Å². The minimum atomic E-state index is -3.62. The van der Waals surface area contributed by atoms with Gasteiger partial charge in [0.05, 0.1) is 27.3 Å². The second-order valence-corrected chi connectivity index (χ2v) is 11.2. The number of thiophene rings is 1. The maximum atomic E-state index is 13.2. The summed E-state index contributed by atoms with van der Waals surface area (Å²) in [5, 5.41) is 3.87. The molecule has 2 aromatic carbocycles. The molecular formula is C23H20N2O5S3. The van der Waals surface area contributed by atoms with Gasteiger partial charge in [-0.1, -0.05) is 24.3 Å². The number of ether oxygens (including phenoxy) is 1. The largest absolute Gasteiger partial charge is 0.462 e. The van der Waals surface area contributed by atoms with Gasteiger partial charge in [0.15, 0.2) is 9.84 Å². The minimum absolute atomic E-state index is 0.0268. The lowest BCUT2D eigenvalue weighted by molar-refractivity contribution is 0.0531. The first kappa shape index (κ1) is 23.1. The summed E-state index contributed by atoms with van der Waals surface area (Å²) in [6.07, 6.45) is 1.06. The van der Waals surface area contributed by atoms with E-state index in [9.17, 15) is 18.0 Å². The molecule has 0 saturated heterocycles. The van der Waals surface area contributed by atoms with Crippen LogP contribution in [-0.2, 0) is 14.6 Å². The normalized spacial score (nSPS) is 11.5. The zero-order chi connectivity index (χ0) is 23.8. The fraction of sp³-hybridized carbons (Fsp3) is 0.174. The molecule has 4 aromatic rings. The number of hydrogen-bond donors (Lipinski definition) is 1. The molecule has 0 radical (unpaired) electrons. The standard InChI is InChI=1S/C23H20N2O5S3/c1-4-30-23(27)19-13(2)18(21-24-15-10-6-7-11-16(15)31-21)22(32-19)25-20(26)14-9-5-8-12-17(14)33(3,28)29/h5-12H,4H2,1-3H3,(H,25,26). The van der Waals surface area contributed by atoms with E-state index in [-0.39, 0.29) is 17.1 Å². The number of anilines is 1. The predicted molar refractivity (Wildman–Crippen MR) is 131 cm³/mol. The molecule has 33 heavy (non-hydrogen) atoms. The number of nitrogens with one attached hydrogen (secondary N) is 1. The molecule has 0 bridgehead atoms. The van der Waals surface area contributed by atoms with Gasteiger partial charge >= 0.3 is 5.97 Å². The summed E-state index contributed by atoms with van der Waals surface area (Å²) in [6, 6.07) is 13.7. The number of esters is 1. The second-order valence-electron chi connectivity index (χ2n) is 7.19. The summed E-state index contributed by atoms with van der Waals surface area (Å²) in [7, 11) is -3.62. The van der Waals surface area contributed by atoms with Crippen molar-refractivity contribution in [3.8, 4) is 10.6 Å². The number of carbonyl (C=O) groups excluding carboxylic acids is 2. The summed E-state index contributed by atoms with van der Waals surface area (Å²) in [6.45, 7) is 3.72. The van der Waals surface area contributed by atoms with Crippen LogP contribution in [-0.4, -0.2) is 38.1 Å². The fourth-order valence-corrected chi connectivity index (χ4v) is 6.50. The summed E-state index contributed by atoms with van der Waals surface area (Å²) in [4.78, 5) is 30.7. The van der Waals surface area contributed by atoms with Gasteiger partial charge in [0.2, 0.25) is 0 Å². The van der Waals surface area contributed by atoms with Gasteiger partial charge in [-0.3, -0.25) is 4.79 Å². The van der Waals surface area contributed by atoms with E-state index < -0.39 is 21.7 Å². The highest BCUT2D eigenvalue weighted by Crippen LogP contribution is 2.44. The van der Waals surface area contributed by atoms with E-state index in [0.29, 0.717) is 26.0 Å². The van der Waals surface area contributed by atoms with Crippen LogP contribution in [0.4, 0.5) is 5.00 Å². The Kier molecular flexibility index (Phi) is 6.33. The molecule has 1 N–H and O–H groups in total. The summed E-state index contributed by atoms with van der Waals surface area (Å²) < 4.78 is 30.5. The van der Waals surface area contributed by atoms with Crippen molar-refractivity contribution >= 4 is 59.6 Å². The molecule has 0 aliphatic heterocycles. The van der Waals surface area contributed by atoms with Gasteiger partial charge in [-0.2, -0.15) is 0 Å². The maximum absolute atomic E-state index is 13.2. The van der Waals surface area contributed by atoms with Crippen molar-refractivity contribution in [1.29, 1.82) is 0 Å². The average molecular weight is 501 g/mol. The Bertz CT molecular complexity index is 1450. The number of aromatic nitrogens is 1. The van der Waals surface area contributed by atoms with Crippen molar-refractivity contribution < 1.29 is 22.7 Å². The van der Waals surface area contributed by atoms with E-state index in [1.54, 1.807) is 26.0 Å². The molecule has 7 nitrogen and oxygen atoms in total. The van der Waals surface area contributed by atoms with E-state index in [0.717, 1.165) is 27.8 Å². The molecule has 2 heterocycles. The van der Waals surface area contributed by atoms with Crippen molar-refractivity contribution in [3.05, 3.63) is 64.5 Å². The van der Waals surface area contributed by atoms with Crippen LogP contribution in [0.15, 0.2) is 53.4 Å². The molecule has 0 unspecified atom stereocenters. The van der Waals surface area contributed by atoms with Crippen molar-refractivity contribution in [2.75, 3.05) is 18.2 Å². The first-order chi connectivity index (χ1) is 15.7. The predicted octanol–water partition coefficient (Wildman–Crippen LogP) is 5.17. The number of sulfone groups is 1. The zero-order valence-corrected chi connectivity index (χ0v) is 20.5. The molecule has 4 rings (SSSR count). The van der Waals surface area contributed by atoms with Crippen LogP contribution in [0.25, 0.3) is 20.8 Å². The lowest BCUT2D eigenvalue weighted by Gasteiger charge is -2.09. The van der Waals surface area contributed by atoms with Crippen LogP contribution in [0.1, 0.15) is 32.5 Å². The number of hydrogen-bond acceptors (Lipinski definition) is 8. The molecular weight excluding hydrogens is 480 g/mol. The Morgan fingerprint density at radius 1 is 1.06 bits per heavy atom.